The molecule has 4 nitrogen and oxygen atoms in total. The van der Waals surface area contributed by atoms with Crippen LogP contribution >= 0.6 is 0 Å². The Morgan fingerprint density at radius 1 is 1.60 bits per heavy atom. The number of hydrogen-bond acceptors (Lipinski definition) is 3. The van der Waals surface area contributed by atoms with E-state index in [1.807, 2.05) is 17.9 Å². The summed E-state index contributed by atoms with van der Waals surface area (Å²) in [5.41, 5.74) is 2.27. The van der Waals surface area contributed by atoms with Crippen LogP contribution in [0.3, 0.4) is 0 Å². The van der Waals surface area contributed by atoms with Crippen molar-refractivity contribution in [1.82, 2.24) is 9.78 Å². The molecule has 0 aromatic carbocycles. The summed E-state index contributed by atoms with van der Waals surface area (Å²) in [7, 11) is 3.68. The fraction of sp³-hybridized carbons (Fsp3) is 0.727. The minimum Gasteiger partial charge on any atom is -0.385 e. The maximum atomic E-state index is 5.05. The van der Waals surface area contributed by atoms with E-state index in [0.717, 1.165) is 30.8 Å². The van der Waals surface area contributed by atoms with Crippen molar-refractivity contribution in [1.29, 1.82) is 0 Å². The Bertz CT molecular complexity index is 296. The van der Waals surface area contributed by atoms with E-state index in [1.54, 1.807) is 7.11 Å². The number of methoxy groups -OCH3 is 1. The minimum absolute atomic E-state index is 0.416. The second-order valence-electron chi connectivity index (χ2n) is 3.84. The zero-order valence-electron chi connectivity index (χ0n) is 10.1. The predicted molar refractivity (Wildman–Crippen MR) is 62.2 cm³/mol. The highest BCUT2D eigenvalue weighted by Crippen LogP contribution is 2.15. The first-order chi connectivity index (χ1) is 7.17. The van der Waals surface area contributed by atoms with Gasteiger partial charge in [0.2, 0.25) is 0 Å². The van der Waals surface area contributed by atoms with Crippen molar-refractivity contribution in [3.05, 3.63) is 11.9 Å². The molecule has 1 aromatic heterocycles. The molecule has 1 heterocycles. The summed E-state index contributed by atoms with van der Waals surface area (Å²) in [6.07, 6.45) is 4.00. The molecule has 1 N–H and O–H groups in total. The van der Waals surface area contributed by atoms with Crippen LogP contribution < -0.4 is 5.32 Å². The molecule has 0 aliphatic carbocycles. The van der Waals surface area contributed by atoms with Gasteiger partial charge < -0.3 is 10.1 Å². The molecule has 0 aliphatic heterocycles. The lowest BCUT2D eigenvalue weighted by atomic mass is 10.2. The standard InChI is InChI=1S/C11H21N3O/c1-5-10-11(8-14(3)13-10)12-9(2)6-7-15-4/h8-9,12H,5-7H2,1-4H3. The van der Waals surface area contributed by atoms with E-state index in [1.165, 1.54) is 0 Å². The largest absolute Gasteiger partial charge is 0.385 e. The van der Waals surface area contributed by atoms with Gasteiger partial charge in [-0.05, 0) is 19.8 Å². The van der Waals surface area contributed by atoms with Crippen LogP contribution in [0.5, 0.6) is 0 Å². The van der Waals surface area contributed by atoms with E-state index in [-0.39, 0.29) is 0 Å². The zero-order chi connectivity index (χ0) is 11.3. The molecule has 1 atom stereocenters. The molecule has 15 heavy (non-hydrogen) atoms. The third kappa shape index (κ3) is 3.55. The van der Waals surface area contributed by atoms with Gasteiger partial charge in [-0.25, -0.2) is 0 Å². The smallest absolute Gasteiger partial charge is 0.0853 e. The number of nitrogens with zero attached hydrogens (tertiary/aromatic N) is 2. The Morgan fingerprint density at radius 3 is 2.93 bits per heavy atom. The van der Waals surface area contributed by atoms with E-state index in [4.69, 9.17) is 4.74 Å². The molecule has 1 rings (SSSR count). The predicted octanol–water partition coefficient (Wildman–Crippen LogP) is 1.82. The van der Waals surface area contributed by atoms with Crippen molar-refractivity contribution < 1.29 is 4.74 Å². The van der Waals surface area contributed by atoms with Gasteiger partial charge in [-0.1, -0.05) is 6.92 Å². The average Bonchev–Trinajstić information content (AvgIpc) is 2.55. The summed E-state index contributed by atoms with van der Waals surface area (Å²) in [5, 5.41) is 7.84. The van der Waals surface area contributed by atoms with Gasteiger partial charge in [0.05, 0.1) is 11.4 Å². The third-order valence-electron chi connectivity index (χ3n) is 2.40. The monoisotopic (exact) mass is 211 g/mol. The number of nitrogens with one attached hydrogen (secondary N) is 1. The normalized spacial score (nSPS) is 12.8. The van der Waals surface area contributed by atoms with E-state index in [2.05, 4.69) is 24.3 Å². The summed E-state index contributed by atoms with van der Waals surface area (Å²) in [6.45, 7) is 5.06. The third-order valence-corrected chi connectivity index (χ3v) is 2.40. The topological polar surface area (TPSA) is 39.1 Å². The minimum atomic E-state index is 0.416. The van der Waals surface area contributed by atoms with Crippen molar-refractivity contribution in [2.75, 3.05) is 19.0 Å². The van der Waals surface area contributed by atoms with Gasteiger partial charge in [-0.3, -0.25) is 4.68 Å². The Morgan fingerprint density at radius 2 is 2.33 bits per heavy atom. The van der Waals surface area contributed by atoms with E-state index in [0.29, 0.717) is 6.04 Å². The summed E-state index contributed by atoms with van der Waals surface area (Å²) in [4.78, 5) is 0. The van der Waals surface area contributed by atoms with Gasteiger partial charge in [0.25, 0.3) is 0 Å². The quantitative estimate of drug-likeness (QED) is 0.780. The molecule has 1 unspecified atom stereocenters. The zero-order valence-corrected chi connectivity index (χ0v) is 10.1. The molecule has 4 heteroatoms. The van der Waals surface area contributed by atoms with Crippen molar-refractivity contribution in [3.63, 3.8) is 0 Å². The maximum Gasteiger partial charge on any atom is 0.0853 e. The van der Waals surface area contributed by atoms with Crippen LogP contribution in [0.2, 0.25) is 0 Å². The molecule has 86 valence electrons. The van der Waals surface area contributed by atoms with Crippen LogP contribution in [-0.2, 0) is 18.2 Å². The summed E-state index contributed by atoms with van der Waals surface area (Å²) in [5.74, 6) is 0. The first-order valence-electron chi connectivity index (χ1n) is 5.45. The molecule has 0 amide bonds. The van der Waals surface area contributed by atoms with E-state index < -0.39 is 0 Å². The highest BCUT2D eigenvalue weighted by molar-refractivity contribution is 5.46. The molecule has 0 spiro atoms. The van der Waals surface area contributed by atoms with Gasteiger partial charge >= 0.3 is 0 Å². The Hall–Kier alpha value is -1.03. The number of aromatic nitrogens is 2. The number of rotatable bonds is 6. The molecular weight excluding hydrogens is 190 g/mol. The Kier molecular flexibility index (Phi) is 4.62. The van der Waals surface area contributed by atoms with Gasteiger partial charge in [0.15, 0.2) is 0 Å². The first-order valence-corrected chi connectivity index (χ1v) is 5.45. The highest BCUT2D eigenvalue weighted by Gasteiger charge is 2.08. The molecule has 0 bridgehead atoms. The number of hydrogen-bond donors (Lipinski definition) is 1. The van der Waals surface area contributed by atoms with Crippen molar-refractivity contribution in [3.8, 4) is 0 Å². The SMILES string of the molecule is CCc1nn(C)cc1NC(C)CCOC. The van der Waals surface area contributed by atoms with Gasteiger partial charge in [0.1, 0.15) is 0 Å². The van der Waals surface area contributed by atoms with Crippen molar-refractivity contribution in [2.45, 2.75) is 32.7 Å². The maximum absolute atomic E-state index is 5.05. The summed E-state index contributed by atoms with van der Waals surface area (Å²) in [6, 6.07) is 0.416. The summed E-state index contributed by atoms with van der Waals surface area (Å²) < 4.78 is 6.90. The van der Waals surface area contributed by atoms with Crippen LogP contribution in [0.15, 0.2) is 6.20 Å². The van der Waals surface area contributed by atoms with E-state index in [9.17, 15) is 0 Å². The number of ether oxygens (including phenoxy) is 1. The number of aryl methyl sites for hydroxylation is 2. The number of anilines is 1. The second kappa shape index (κ2) is 5.75. The fourth-order valence-corrected chi connectivity index (χ4v) is 1.55. The Balaban J connectivity index is 2.54. The molecule has 0 saturated carbocycles. The van der Waals surface area contributed by atoms with Gasteiger partial charge in [-0.2, -0.15) is 5.10 Å². The van der Waals surface area contributed by atoms with Crippen LogP contribution in [0.4, 0.5) is 5.69 Å². The van der Waals surface area contributed by atoms with Crippen molar-refractivity contribution >= 4 is 5.69 Å². The highest BCUT2D eigenvalue weighted by atomic mass is 16.5. The summed E-state index contributed by atoms with van der Waals surface area (Å²) >= 11 is 0. The second-order valence-corrected chi connectivity index (χ2v) is 3.84. The van der Waals surface area contributed by atoms with Crippen LogP contribution in [-0.4, -0.2) is 29.5 Å². The fourth-order valence-electron chi connectivity index (χ4n) is 1.55. The van der Waals surface area contributed by atoms with Crippen molar-refractivity contribution in [2.24, 2.45) is 7.05 Å². The van der Waals surface area contributed by atoms with Crippen LogP contribution in [0.25, 0.3) is 0 Å². The van der Waals surface area contributed by atoms with Crippen LogP contribution in [0.1, 0.15) is 26.0 Å². The van der Waals surface area contributed by atoms with Gasteiger partial charge in [0, 0.05) is 33.0 Å². The lowest BCUT2D eigenvalue weighted by Crippen LogP contribution is -2.17. The molecule has 0 fully saturated rings. The van der Waals surface area contributed by atoms with E-state index >= 15 is 0 Å². The molecule has 0 saturated heterocycles. The lowest BCUT2D eigenvalue weighted by molar-refractivity contribution is 0.191. The first kappa shape index (κ1) is 12.0. The Labute approximate surface area is 91.6 Å². The molecule has 1 aromatic rings. The molecular formula is C11H21N3O. The average molecular weight is 211 g/mol. The van der Waals surface area contributed by atoms with Gasteiger partial charge in [-0.15, -0.1) is 0 Å². The molecule has 0 radical (unpaired) electrons. The lowest BCUT2D eigenvalue weighted by Gasteiger charge is -2.13. The molecule has 0 aliphatic rings. The van der Waals surface area contributed by atoms with Crippen LogP contribution in [0, 0.1) is 0 Å².